The highest BCUT2D eigenvalue weighted by Gasteiger charge is 2.23. The summed E-state index contributed by atoms with van der Waals surface area (Å²) in [6.45, 7) is 6.70. The van der Waals surface area contributed by atoms with Crippen LogP contribution in [0.4, 0.5) is 0 Å². The maximum atomic E-state index is 6.26. The molecule has 0 bridgehead atoms. The van der Waals surface area contributed by atoms with Crippen molar-refractivity contribution in [1.29, 1.82) is 0 Å². The van der Waals surface area contributed by atoms with Gasteiger partial charge < -0.3 is 14.2 Å². The van der Waals surface area contributed by atoms with E-state index < -0.39 is 0 Å². The minimum Gasteiger partial charge on any atom is -0.493 e. The number of aryl methyl sites for hydroxylation is 1. The first-order valence-corrected chi connectivity index (χ1v) is 10.6. The summed E-state index contributed by atoms with van der Waals surface area (Å²) in [6, 6.07) is 12.0. The molecule has 148 valence electrons. The second-order valence-electron chi connectivity index (χ2n) is 8.25. The summed E-state index contributed by atoms with van der Waals surface area (Å²) in [6.07, 6.45) is 5.23. The smallest absolute Gasteiger partial charge is 0.138 e. The summed E-state index contributed by atoms with van der Waals surface area (Å²) in [5.41, 5.74) is 3.98. The van der Waals surface area contributed by atoms with Crippen molar-refractivity contribution in [2.75, 3.05) is 33.3 Å². The highest BCUT2D eigenvalue weighted by molar-refractivity contribution is 6.35. The van der Waals surface area contributed by atoms with Crippen molar-refractivity contribution in [3.8, 4) is 17.1 Å². The molecule has 28 heavy (non-hydrogen) atoms. The molecule has 1 aliphatic rings. The topological polar surface area (TPSA) is 37.9 Å². The number of rotatable bonds is 6. The number of H-pyrrole nitrogens is 1. The predicted molar refractivity (Wildman–Crippen MR) is 116 cm³/mol. The van der Waals surface area contributed by atoms with Crippen LogP contribution in [-0.2, 0) is 0 Å². The molecule has 1 saturated heterocycles. The largest absolute Gasteiger partial charge is 0.493 e. The monoisotopic (exact) mass is 398 g/mol. The van der Waals surface area contributed by atoms with Crippen molar-refractivity contribution in [2.45, 2.75) is 32.6 Å². The van der Waals surface area contributed by atoms with E-state index in [-0.39, 0.29) is 0 Å². The highest BCUT2D eigenvalue weighted by Crippen LogP contribution is 2.29. The molecular formula is C23H29ClN3O+. The number of ether oxygens (including phenoxy) is 1. The average molecular weight is 399 g/mol. The van der Waals surface area contributed by atoms with E-state index >= 15 is 0 Å². The number of para-hydroxylation sites is 1. The number of fused-ring (bicyclic) bond motifs is 1. The Bertz CT molecular complexity index is 960. The Morgan fingerprint density at radius 2 is 1.96 bits per heavy atom. The Morgan fingerprint density at radius 3 is 2.71 bits per heavy atom. The molecule has 2 aromatic carbocycles. The van der Waals surface area contributed by atoms with Crippen LogP contribution in [0, 0.1) is 6.92 Å². The molecule has 0 atom stereocenters. The Labute approximate surface area is 172 Å². The van der Waals surface area contributed by atoms with Crippen molar-refractivity contribution < 1.29 is 9.22 Å². The number of likely N-dealkylation sites (tertiary alicyclic amines) is 1. The average Bonchev–Trinajstić information content (AvgIpc) is 3.11. The van der Waals surface area contributed by atoms with Gasteiger partial charge in [0.15, 0.2) is 0 Å². The van der Waals surface area contributed by atoms with Crippen LogP contribution >= 0.6 is 11.6 Å². The zero-order chi connectivity index (χ0) is 19.6. The first-order valence-electron chi connectivity index (χ1n) is 10.3. The summed E-state index contributed by atoms with van der Waals surface area (Å²) in [5, 5.41) is 0.669. The molecule has 1 aliphatic heterocycles. The summed E-state index contributed by atoms with van der Waals surface area (Å²) in [7, 11) is 2.39. The molecule has 0 aliphatic carbocycles. The van der Waals surface area contributed by atoms with Crippen LogP contribution in [-0.4, -0.2) is 47.7 Å². The molecule has 5 heteroatoms. The van der Waals surface area contributed by atoms with Gasteiger partial charge in [-0.25, -0.2) is 4.98 Å². The lowest BCUT2D eigenvalue weighted by Crippen LogP contribution is -2.48. The number of aromatic nitrogens is 2. The van der Waals surface area contributed by atoms with Crippen LogP contribution in [0.1, 0.15) is 31.2 Å². The molecular weight excluding hydrogens is 370 g/mol. The molecule has 0 radical (unpaired) electrons. The van der Waals surface area contributed by atoms with Gasteiger partial charge in [-0.15, -0.1) is 0 Å². The summed E-state index contributed by atoms with van der Waals surface area (Å²) in [4.78, 5) is 8.04. The molecule has 3 aromatic rings. The molecule has 2 heterocycles. The van der Waals surface area contributed by atoms with Crippen molar-refractivity contribution in [3.05, 3.63) is 47.0 Å². The van der Waals surface area contributed by atoms with E-state index in [4.69, 9.17) is 16.3 Å². The third-order valence-corrected chi connectivity index (χ3v) is 6.23. The summed E-state index contributed by atoms with van der Waals surface area (Å²) >= 11 is 6.26. The number of nitrogens with zero attached hydrogens (tertiary/aromatic N) is 2. The normalized spacial score (nSPS) is 16.4. The van der Waals surface area contributed by atoms with Gasteiger partial charge in [-0.3, -0.25) is 0 Å². The summed E-state index contributed by atoms with van der Waals surface area (Å²) in [5.74, 6) is 1.77. The van der Waals surface area contributed by atoms with Gasteiger partial charge in [0, 0.05) is 12.0 Å². The van der Waals surface area contributed by atoms with Crippen molar-refractivity contribution in [1.82, 2.24) is 9.97 Å². The molecule has 0 amide bonds. The SMILES string of the molecule is Cc1cc(OCCC[N+]2(C)CCCCC2)ccc1-c1nc2c(Cl)cccc2[nH]1. The minimum absolute atomic E-state index is 0.669. The van der Waals surface area contributed by atoms with Crippen molar-refractivity contribution in [3.63, 3.8) is 0 Å². The van der Waals surface area contributed by atoms with Crippen LogP contribution in [0.25, 0.3) is 22.4 Å². The quantitative estimate of drug-likeness (QED) is 0.434. The molecule has 4 rings (SSSR count). The van der Waals surface area contributed by atoms with E-state index in [2.05, 4.69) is 36.1 Å². The number of benzene rings is 2. The lowest BCUT2D eigenvalue weighted by atomic mass is 10.1. The Morgan fingerprint density at radius 1 is 1.14 bits per heavy atom. The Kier molecular flexibility index (Phi) is 5.61. The number of aromatic amines is 1. The molecule has 0 unspecified atom stereocenters. The number of halogens is 1. The maximum absolute atomic E-state index is 6.26. The second-order valence-corrected chi connectivity index (χ2v) is 8.66. The minimum atomic E-state index is 0.669. The van der Waals surface area contributed by atoms with Crippen molar-refractivity contribution in [2.24, 2.45) is 0 Å². The van der Waals surface area contributed by atoms with Crippen LogP contribution < -0.4 is 4.74 Å². The van der Waals surface area contributed by atoms with E-state index in [1.54, 1.807) is 0 Å². The molecule has 4 nitrogen and oxygen atoms in total. The molecule has 1 fully saturated rings. The van der Waals surface area contributed by atoms with E-state index in [9.17, 15) is 0 Å². The van der Waals surface area contributed by atoms with Gasteiger partial charge in [-0.1, -0.05) is 17.7 Å². The van der Waals surface area contributed by atoms with Gasteiger partial charge >= 0.3 is 0 Å². The van der Waals surface area contributed by atoms with Crippen LogP contribution in [0.2, 0.25) is 5.02 Å². The number of hydrogen-bond acceptors (Lipinski definition) is 2. The number of nitrogens with one attached hydrogen (secondary N) is 1. The molecule has 0 saturated carbocycles. The van der Waals surface area contributed by atoms with Gasteiger partial charge in [0.1, 0.15) is 17.1 Å². The number of imidazole rings is 1. The van der Waals surface area contributed by atoms with E-state index in [1.165, 1.54) is 43.4 Å². The Balaban J connectivity index is 1.39. The first-order chi connectivity index (χ1) is 13.5. The van der Waals surface area contributed by atoms with Gasteiger partial charge in [0.2, 0.25) is 0 Å². The fourth-order valence-corrected chi connectivity index (χ4v) is 4.47. The van der Waals surface area contributed by atoms with E-state index in [0.29, 0.717) is 5.02 Å². The van der Waals surface area contributed by atoms with Gasteiger partial charge in [0.05, 0.1) is 43.8 Å². The maximum Gasteiger partial charge on any atom is 0.138 e. The second kappa shape index (κ2) is 8.14. The first kappa shape index (κ1) is 19.3. The van der Waals surface area contributed by atoms with Gasteiger partial charge in [-0.05, 0) is 62.1 Å². The fourth-order valence-electron chi connectivity index (χ4n) is 4.25. The summed E-state index contributed by atoms with van der Waals surface area (Å²) < 4.78 is 7.23. The van der Waals surface area contributed by atoms with E-state index in [0.717, 1.165) is 46.8 Å². The molecule has 1 N–H and O–H groups in total. The Hall–Kier alpha value is -2.04. The van der Waals surface area contributed by atoms with Crippen LogP contribution in [0.5, 0.6) is 5.75 Å². The zero-order valence-corrected chi connectivity index (χ0v) is 17.6. The zero-order valence-electron chi connectivity index (χ0n) is 16.8. The third-order valence-electron chi connectivity index (χ3n) is 5.92. The molecule has 0 spiro atoms. The molecule has 1 aromatic heterocycles. The number of piperidine rings is 1. The number of quaternary nitrogens is 1. The number of hydrogen-bond donors (Lipinski definition) is 1. The highest BCUT2D eigenvalue weighted by atomic mass is 35.5. The van der Waals surface area contributed by atoms with Crippen LogP contribution in [0.15, 0.2) is 36.4 Å². The van der Waals surface area contributed by atoms with Gasteiger partial charge in [-0.2, -0.15) is 0 Å². The van der Waals surface area contributed by atoms with Crippen LogP contribution in [0.3, 0.4) is 0 Å². The third kappa shape index (κ3) is 4.18. The lowest BCUT2D eigenvalue weighted by Gasteiger charge is -2.37. The lowest BCUT2D eigenvalue weighted by molar-refractivity contribution is -0.914. The standard InChI is InChI=1S/C23H29ClN3O/c1-17-16-18(28-15-7-14-27(2)12-4-3-5-13-27)10-11-19(17)23-25-21-9-6-8-20(24)22(21)26-23/h6,8-11,16H,3-5,7,12-15H2,1-2H3,(H,25,26)/q+1. The fraction of sp³-hybridized carbons (Fsp3) is 0.435. The predicted octanol–water partition coefficient (Wildman–Crippen LogP) is 5.59. The van der Waals surface area contributed by atoms with Crippen molar-refractivity contribution >= 4 is 22.6 Å². The van der Waals surface area contributed by atoms with Gasteiger partial charge in [0.25, 0.3) is 0 Å². The van der Waals surface area contributed by atoms with E-state index in [1.807, 2.05) is 24.3 Å².